The molecule has 1 rings (SSSR count). The van der Waals surface area contributed by atoms with Gasteiger partial charge >= 0.3 is 11.9 Å². The number of rotatable bonds is 5. The molecule has 0 radical (unpaired) electrons. The fourth-order valence-corrected chi connectivity index (χ4v) is 1.76. The van der Waals surface area contributed by atoms with Crippen LogP contribution in [0.1, 0.15) is 53.4 Å². The number of cyclic esters (lactones) is 1. The number of carbonyl (C=O) groups excluding carboxylic acids is 2. The molecule has 0 bridgehead atoms. The summed E-state index contributed by atoms with van der Waals surface area (Å²) in [5, 5.41) is 9.92. The molecule has 1 aliphatic rings. The van der Waals surface area contributed by atoms with Crippen molar-refractivity contribution in [3.05, 3.63) is 23.2 Å². The van der Waals surface area contributed by atoms with Gasteiger partial charge in [-0.15, -0.1) is 0 Å². The molecule has 0 amide bonds. The van der Waals surface area contributed by atoms with Gasteiger partial charge in [-0.3, -0.25) is 0 Å². The summed E-state index contributed by atoms with van der Waals surface area (Å²) < 4.78 is 9.98. The highest BCUT2D eigenvalue weighted by molar-refractivity contribution is 5.95. The third kappa shape index (κ3) is 4.72. The Bertz CT molecular complexity index is 451. The van der Waals surface area contributed by atoms with Gasteiger partial charge in [-0.05, 0) is 33.6 Å². The van der Waals surface area contributed by atoms with Gasteiger partial charge in [-0.25, -0.2) is 9.59 Å². The lowest BCUT2D eigenvalue weighted by atomic mass is 10.1. The monoisotopic (exact) mass is 282 g/mol. The molecular weight excluding hydrogens is 260 g/mol. The van der Waals surface area contributed by atoms with Crippen LogP contribution in [-0.4, -0.2) is 22.6 Å². The minimum absolute atomic E-state index is 0.129. The number of esters is 2. The van der Waals surface area contributed by atoms with Crippen molar-refractivity contribution in [1.82, 2.24) is 0 Å². The van der Waals surface area contributed by atoms with E-state index in [9.17, 15) is 14.7 Å². The maximum absolute atomic E-state index is 11.6. The van der Waals surface area contributed by atoms with E-state index < -0.39 is 17.5 Å². The Labute approximate surface area is 119 Å². The molecular formula is C15H22O5. The molecule has 20 heavy (non-hydrogen) atoms. The smallest absolute Gasteiger partial charge is 0.343 e. The van der Waals surface area contributed by atoms with Gasteiger partial charge in [0.1, 0.15) is 5.60 Å². The first-order chi connectivity index (χ1) is 9.24. The quantitative estimate of drug-likeness (QED) is 0.476. The summed E-state index contributed by atoms with van der Waals surface area (Å²) in [6.45, 7) is 7.25. The van der Waals surface area contributed by atoms with Crippen LogP contribution in [0.2, 0.25) is 0 Å². The van der Waals surface area contributed by atoms with E-state index in [4.69, 9.17) is 9.47 Å². The lowest BCUT2D eigenvalue weighted by Crippen LogP contribution is -2.22. The molecule has 0 saturated heterocycles. The SMILES string of the molecule is CCCCCC1=C(O)/C(=C/C(=O)OC(C)(C)C)OC1=O. The molecule has 0 aromatic heterocycles. The fourth-order valence-electron chi connectivity index (χ4n) is 1.76. The summed E-state index contributed by atoms with van der Waals surface area (Å²) >= 11 is 0. The first kappa shape index (κ1) is 16.3. The number of aliphatic hydroxyl groups is 1. The van der Waals surface area contributed by atoms with E-state index >= 15 is 0 Å². The zero-order valence-electron chi connectivity index (χ0n) is 12.5. The summed E-state index contributed by atoms with van der Waals surface area (Å²) in [4.78, 5) is 23.2. The Kier molecular flexibility index (Phi) is 5.36. The summed E-state index contributed by atoms with van der Waals surface area (Å²) in [5.41, 5.74) is -0.409. The van der Waals surface area contributed by atoms with Gasteiger partial charge in [0, 0.05) is 0 Å². The van der Waals surface area contributed by atoms with Crippen molar-refractivity contribution in [1.29, 1.82) is 0 Å². The minimum Gasteiger partial charge on any atom is -0.504 e. The number of unbranched alkanes of at least 4 members (excludes halogenated alkanes) is 2. The van der Waals surface area contributed by atoms with Crippen molar-refractivity contribution in [2.75, 3.05) is 0 Å². The highest BCUT2D eigenvalue weighted by Crippen LogP contribution is 2.28. The molecule has 0 atom stereocenters. The van der Waals surface area contributed by atoms with Crippen molar-refractivity contribution in [3.8, 4) is 0 Å². The summed E-state index contributed by atoms with van der Waals surface area (Å²) in [6, 6.07) is 0. The van der Waals surface area contributed by atoms with E-state index in [1.54, 1.807) is 20.8 Å². The molecule has 112 valence electrons. The lowest BCUT2D eigenvalue weighted by Gasteiger charge is -2.18. The van der Waals surface area contributed by atoms with Crippen LogP contribution in [0.15, 0.2) is 23.2 Å². The molecule has 1 N–H and O–H groups in total. The molecule has 1 aliphatic heterocycles. The van der Waals surface area contributed by atoms with Crippen LogP contribution < -0.4 is 0 Å². The van der Waals surface area contributed by atoms with Crippen LogP contribution in [0.5, 0.6) is 0 Å². The van der Waals surface area contributed by atoms with Gasteiger partial charge in [0.05, 0.1) is 11.6 Å². The molecule has 1 heterocycles. The zero-order valence-corrected chi connectivity index (χ0v) is 12.5. The van der Waals surface area contributed by atoms with E-state index in [0.717, 1.165) is 25.3 Å². The van der Waals surface area contributed by atoms with Crippen molar-refractivity contribution in [3.63, 3.8) is 0 Å². The lowest BCUT2D eigenvalue weighted by molar-refractivity contribution is -0.148. The molecule has 0 aliphatic carbocycles. The Hall–Kier alpha value is -1.78. The van der Waals surface area contributed by atoms with Crippen molar-refractivity contribution < 1.29 is 24.2 Å². The molecule has 5 heteroatoms. The van der Waals surface area contributed by atoms with Gasteiger partial charge in [0.15, 0.2) is 11.5 Å². The Morgan fingerprint density at radius 1 is 1.35 bits per heavy atom. The van der Waals surface area contributed by atoms with Crippen LogP contribution in [0, 0.1) is 0 Å². The van der Waals surface area contributed by atoms with Crippen LogP contribution in [0.3, 0.4) is 0 Å². The largest absolute Gasteiger partial charge is 0.504 e. The number of ether oxygens (including phenoxy) is 2. The molecule has 5 nitrogen and oxygen atoms in total. The third-order valence-electron chi connectivity index (χ3n) is 2.65. The standard InChI is InChI=1S/C15H22O5/c1-5-6-7-8-10-13(17)11(19-14(10)18)9-12(16)20-15(2,3)4/h9,17H,5-8H2,1-4H3/b11-9-. The first-order valence-electron chi connectivity index (χ1n) is 6.84. The second-order valence-corrected chi connectivity index (χ2v) is 5.72. The predicted molar refractivity (Wildman–Crippen MR) is 73.8 cm³/mol. The topological polar surface area (TPSA) is 72.8 Å². The predicted octanol–water partition coefficient (Wildman–Crippen LogP) is 3.16. The summed E-state index contributed by atoms with van der Waals surface area (Å²) in [5.74, 6) is -1.62. The van der Waals surface area contributed by atoms with Crippen molar-refractivity contribution in [2.24, 2.45) is 0 Å². The normalized spacial score (nSPS) is 17.6. The van der Waals surface area contributed by atoms with Crippen molar-refractivity contribution in [2.45, 2.75) is 59.0 Å². The van der Waals surface area contributed by atoms with Crippen LogP contribution in [-0.2, 0) is 19.1 Å². The molecule has 0 saturated carbocycles. The number of hydrogen-bond acceptors (Lipinski definition) is 5. The van der Waals surface area contributed by atoms with Gasteiger partial charge in [-0.1, -0.05) is 19.8 Å². The molecule has 0 spiro atoms. The molecule has 0 aromatic carbocycles. The average Bonchev–Trinajstić information content (AvgIpc) is 2.54. The highest BCUT2D eigenvalue weighted by atomic mass is 16.6. The highest BCUT2D eigenvalue weighted by Gasteiger charge is 2.30. The summed E-state index contributed by atoms with van der Waals surface area (Å²) in [7, 11) is 0. The van der Waals surface area contributed by atoms with Crippen LogP contribution in [0.4, 0.5) is 0 Å². The van der Waals surface area contributed by atoms with E-state index in [-0.39, 0.29) is 17.1 Å². The zero-order chi connectivity index (χ0) is 15.3. The first-order valence-corrected chi connectivity index (χ1v) is 6.84. The maximum atomic E-state index is 11.6. The number of aliphatic hydroxyl groups excluding tert-OH is 1. The molecule has 0 aromatic rings. The Morgan fingerprint density at radius 2 is 2.00 bits per heavy atom. The second kappa shape index (κ2) is 6.59. The fraction of sp³-hybridized carbons (Fsp3) is 0.600. The van der Waals surface area contributed by atoms with E-state index in [1.165, 1.54) is 0 Å². The molecule has 0 fully saturated rings. The van der Waals surface area contributed by atoms with Crippen LogP contribution >= 0.6 is 0 Å². The third-order valence-corrected chi connectivity index (χ3v) is 2.65. The van der Waals surface area contributed by atoms with Gasteiger partial charge < -0.3 is 14.6 Å². The number of carbonyl (C=O) groups is 2. The Morgan fingerprint density at radius 3 is 2.55 bits per heavy atom. The maximum Gasteiger partial charge on any atom is 0.343 e. The van der Waals surface area contributed by atoms with Crippen LogP contribution in [0.25, 0.3) is 0 Å². The van der Waals surface area contributed by atoms with Crippen molar-refractivity contribution >= 4 is 11.9 Å². The molecule has 0 unspecified atom stereocenters. The minimum atomic E-state index is -0.651. The number of hydrogen-bond donors (Lipinski definition) is 1. The summed E-state index contributed by atoms with van der Waals surface area (Å²) in [6.07, 6.45) is 4.24. The van der Waals surface area contributed by atoms with Gasteiger partial charge in [-0.2, -0.15) is 0 Å². The van der Waals surface area contributed by atoms with Gasteiger partial charge in [0.2, 0.25) is 0 Å². The second-order valence-electron chi connectivity index (χ2n) is 5.72. The van der Waals surface area contributed by atoms with E-state index in [0.29, 0.717) is 6.42 Å². The average molecular weight is 282 g/mol. The van der Waals surface area contributed by atoms with Gasteiger partial charge in [0.25, 0.3) is 0 Å². The van der Waals surface area contributed by atoms with E-state index in [1.807, 2.05) is 0 Å². The van der Waals surface area contributed by atoms with E-state index in [2.05, 4.69) is 6.92 Å². The Balaban J connectivity index is 2.77.